The number of hydrogen-bond acceptors (Lipinski definition) is 5. The number of hydrogen-bond donors (Lipinski definition) is 0. The quantitative estimate of drug-likeness (QED) is 0.261. The van der Waals surface area contributed by atoms with Crippen molar-refractivity contribution >= 4 is 56.5 Å². The van der Waals surface area contributed by atoms with E-state index >= 15 is 0 Å². The Balaban J connectivity index is 1.55. The molecular weight excluding hydrogens is 557 g/mol. The van der Waals surface area contributed by atoms with Crippen LogP contribution in [0.2, 0.25) is 5.02 Å². The maximum absolute atomic E-state index is 13.5. The van der Waals surface area contributed by atoms with Crippen LogP contribution in [0, 0.1) is 5.82 Å². The molecule has 0 radical (unpaired) electrons. The van der Waals surface area contributed by atoms with Gasteiger partial charge >= 0.3 is 0 Å². The highest BCUT2D eigenvalue weighted by atomic mass is 79.9. The molecule has 1 fully saturated rings. The molecule has 0 atom stereocenters. The van der Waals surface area contributed by atoms with Gasteiger partial charge in [-0.25, -0.2) is 4.39 Å². The molecule has 3 aromatic rings. The predicted molar refractivity (Wildman–Crippen MR) is 139 cm³/mol. The number of rotatable bonds is 8. The third-order valence-electron chi connectivity index (χ3n) is 5.03. The Morgan fingerprint density at radius 3 is 2.54 bits per heavy atom. The Bertz CT molecular complexity index is 1300. The molecule has 0 unspecified atom stereocenters. The number of ether oxygens (including phenoxy) is 2. The van der Waals surface area contributed by atoms with Gasteiger partial charge in [0.25, 0.3) is 11.1 Å². The molecule has 1 aliphatic rings. The maximum atomic E-state index is 13.5. The van der Waals surface area contributed by atoms with Gasteiger partial charge in [-0.2, -0.15) is 0 Å². The molecule has 5 nitrogen and oxygen atoms in total. The number of nitrogens with zero attached hydrogens (tertiary/aromatic N) is 1. The maximum Gasteiger partial charge on any atom is 0.293 e. The number of thioether (sulfide) groups is 1. The number of benzene rings is 3. The largest absolute Gasteiger partial charge is 0.490 e. The van der Waals surface area contributed by atoms with Crippen LogP contribution in [0.25, 0.3) is 6.08 Å². The summed E-state index contributed by atoms with van der Waals surface area (Å²) in [6, 6.07) is 16.7. The topological polar surface area (TPSA) is 55.8 Å². The Morgan fingerprint density at radius 1 is 1.06 bits per heavy atom. The van der Waals surface area contributed by atoms with E-state index in [1.165, 1.54) is 17.0 Å². The summed E-state index contributed by atoms with van der Waals surface area (Å²) in [7, 11) is 0. The highest BCUT2D eigenvalue weighted by molar-refractivity contribution is 9.10. The van der Waals surface area contributed by atoms with E-state index in [9.17, 15) is 14.0 Å². The summed E-state index contributed by atoms with van der Waals surface area (Å²) >= 11 is 10.3. The minimum atomic E-state index is -0.365. The molecule has 1 saturated heterocycles. The molecule has 1 aliphatic heterocycles. The Hall–Kier alpha value is -2.81. The smallest absolute Gasteiger partial charge is 0.293 e. The van der Waals surface area contributed by atoms with Gasteiger partial charge in [0.05, 0.1) is 22.5 Å². The van der Waals surface area contributed by atoms with Gasteiger partial charge in [0.1, 0.15) is 12.4 Å². The monoisotopic (exact) mass is 575 g/mol. The van der Waals surface area contributed by atoms with Gasteiger partial charge < -0.3 is 9.47 Å². The van der Waals surface area contributed by atoms with Crippen molar-refractivity contribution < 1.29 is 23.5 Å². The Labute approximate surface area is 220 Å². The molecule has 0 saturated carbocycles. The number of carbonyl (C=O) groups excluding carboxylic acids is 2. The second-order valence-electron chi connectivity index (χ2n) is 7.58. The van der Waals surface area contributed by atoms with Gasteiger partial charge in [0.15, 0.2) is 11.5 Å². The molecule has 0 aromatic heterocycles. The summed E-state index contributed by atoms with van der Waals surface area (Å²) in [6.45, 7) is 2.56. The molecule has 9 heteroatoms. The van der Waals surface area contributed by atoms with E-state index in [0.29, 0.717) is 43.6 Å². The molecule has 1 heterocycles. The van der Waals surface area contributed by atoms with Crippen LogP contribution in [-0.2, 0) is 17.9 Å². The standard InChI is InChI=1S/C26H20BrClFNO4S/c1-2-33-22-12-18(11-21(27)24(22)34-15-17-4-3-5-20(29)10-17)13-23-25(31)30(26(32)35-23)14-16-6-8-19(28)9-7-16/h3-13H,2,14-15H2,1H3/b23-13-. The van der Waals surface area contributed by atoms with Gasteiger partial charge in [-0.15, -0.1) is 0 Å². The average Bonchev–Trinajstić information content (AvgIpc) is 3.07. The van der Waals surface area contributed by atoms with Gasteiger partial charge in [0.2, 0.25) is 0 Å². The van der Waals surface area contributed by atoms with E-state index in [-0.39, 0.29) is 30.1 Å². The summed E-state index contributed by atoms with van der Waals surface area (Å²) < 4.78 is 25.8. The van der Waals surface area contributed by atoms with Crippen LogP contribution in [0.5, 0.6) is 11.5 Å². The van der Waals surface area contributed by atoms with Crippen LogP contribution < -0.4 is 9.47 Å². The summed E-state index contributed by atoms with van der Waals surface area (Å²) in [5.74, 6) is 0.222. The average molecular weight is 577 g/mol. The van der Waals surface area contributed by atoms with Crippen LogP contribution in [-0.4, -0.2) is 22.7 Å². The molecule has 0 spiro atoms. The van der Waals surface area contributed by atoms with Crippen LogP contribution in [0.15, 0.2) is 70.0 Å². The van der Waals surface area contributed by atoms with Gasteiger partial charge in [-0.05, 0) is 93.8 Å². The number of carbonyl (C=O) groups is 2. The van der Waals surface area contributed by atoms with Gasteiger partial charge in [0, 0.05) is 5.02 Å². The van der Waals surface area contributed by atoms with Crippen molar-refractivity contribution in [1.29, 1.82) is 0 Å². The number of amides is 2. The summed E-state index contributed by atoms with van der Waals surface area (Å²) in [5.41, 5.74) is 2.15. The van der Waals surface area contributed by atoms with Crippen molar-refractivity contribution in [2.75, 3.05) is 6.61 Å². The molecular formula is C26H20BrClFNO4S. The lowest BCUT2D eigenvalue weighted by Crippen LogP contribution is -2.27. The molecule has 4 rings (SSSR count). The molecule has 0 bridgehead atoms. The molecule has 3 aromatic carbocycles. The minimum Gasteiger partial charge on any atom is -0.490 e. The van der Waals surface area contributed by atoms with E-state index in [1.54, 1.807) is 54.6 Å². The Kier molecular flexibility index (Phi) is 8.15. The SMILES string of the molecule is CCOc1cc(/C=C2\SC(=O)N(Cc3ccc(Cl)cc3)C2=O)cc(Br)c1OCc1cccc(F)c1. The van der Waals surface area contributed by atoms with Crippen LogP contribution in [0.3, 0.4) is 0 Å². The second kappa shape index (κ2) is 11.3. The van der Waals surface area contributed by atoms with Crippen molar-refractivity contribution in [3.8, 4) is 11.5 Å². The third-order valence-corrected chi connectivity index (χ3v) is 6.78. The highest BCUT2D eigenvalue weighted by Gasteiger charge is 2.35. The zero-order chi connectivity index (χ0) is 24.9. The van der Waals surface area contributed by atoms with E-state index in [1.807, 2.05) is 6.92 Å². The van der Waals surface area contributed by atoms with Gasteiger partial charge in [-0.1, -0.05) is 35.9 Å². The summed E-state index contributed by atoms with van der Waals surface area (Å²) in [4.78, 5) is 27.0. The van der Waals surface area contributed by atoms with E-state index in [2.05, 4.69) is 15.9 Å². The third kappa shape index (κ3) is 6.25. The molecule has 0 N–H and O–H groups in total. The van der Waals surface area contributed by atoms with Crippen molar-refractivity contribution in [3.63, 3.8) is 0 Å². The molecule has 2 amide bonds. The van der Waals surface area contributed by atoms with Crippen molar-refractivity contribution in [2.24, 2.45) is 0 Å². The van der Waals surface area contributed by atoms with E-state index in [0.717, 1.165) is 17.3 Å². The zero-order valence-corrected chi connectivity index (χ0v) is 21.8. The molecule has 180 valence electrons. The fraction of sp³-hybridized carbons (Fsp3) is 0.154. The van der Waals surface area contributed by atoms with Crippen LogP contribution in [0.1, 0.15) is 23.6 Å². The van der Waals surface area contributed by atoms with Crippen LogP contribution in [0.4, 0.5) is 9.18 Å². The molecule has 0 aliphatic carbocycles. The lowest BCUT2D eigenvalue weighted by Gasteiger charge is -2.15. The second-order valence-corrected chi connectivity index (χ2v) is 9.86. The zero-order valence-electron chi connectivity index (χ0n) is 18.6. The first-order valence-corrected chi connectivity index (χ1v) is 12.7. The number of halogens is 3. The highest BCUT2D eigenvalue weighted by Crippen LogP contribution is 2.40. The fourth-order valence-corrected chi connectivity index (χ4v) is 4.96. The number of imide groups is 1. The summed E-state index contributed by atoms with van der Waals surface area (Å²) in [6.07, 6.45) is 1.65. The first-order valence-electron chi connectivity index (χ1n) is 10.7. The van der Waals surface area contributed by atoms with Gasteiger partial charge in [-0.3, -0.25) is 14.5 Å². The first-order chi connectivity index (χ1) is 16.8. The van der Waals surface area contributed by atoms with Crippen molar-refractivity contribution in [3.05, 3.63) is 97.6 Å². The lowest BCUT2D eigenvalue weighted by molar-refractivity contribution is -0.123. The van der Waals surface area contributed by atoms with Crippen LogP contribution >= 0.6 is 39.3 Å². The van der Waals surface area contributed by atoms with Crippen molar-refractivity contribution in [1.82, 2.24) is 4.90 Å². The first kappa shape index (κ1) is 25.3. The minimum absolute atomic E-state index is 0.152. The lowest BCUT2D eigenvalue weighted by atomic mass is 10.1. The van der Waals surface area contributed by atoms with E-state index < -0.39 is 0 Å². The fourth-order valence-electron chi connectivity index (χ4n) is 3.42. The normalized spacial score (nSPS) is 14.6. The molecule has 35 heavy (non-hydrogen) atoms. The summed E-state index contributed by atoms with van der Waals surface area (Å²) in [5, 5.41) is 0.247. The predicted octanol–water partition coefficient (Wildman–Crippen LogP) is 7.46. The van der Waals surface area contributed by atoms with E-state index in [4.69, 9.17) is 21.1 Å². The van der Waals surface area contributed by atoms with Crippen molar-refractivity contribution in [2.45, 2.75) is 20.1 Å². The Morgan fingerprint density at radius 2 is 1.83 bits per heavy atom.